The SMILES string of the molecule is CCN1CCOC(c2ccc([N+](=O)[O-])cc2)C1. The van der Waals surface area contributed by atoms with Crippen LogP contribution in [-0.2, 0) is 4.74 Å². The Labute approximate surface area is 100 Å². The molecular formula is C12H16N2O3. The molecule has 0 saturated carbocycles. The van der Waals surface area contributed by atoms with E-state index < -0.39 is 0 Å². The van der Waals surface area contributed by atoms with Crippen molar-refractivity contribution in [2.45, 2.75) is 13.0 Å². The van der Waals surface area contributed by atoms with Crippen LogP contribution < -0.4 is 0 Å². The normalized spacial score (nSPS) is 21.4. The average Bonchev–Trinajstić information content (AvgIpc) is 2.39. The van der Waals surface area contributed by atoms with Gasteiger partial charge in [-0.15, -0.1) is 0 Å². The standard InChI is InChI=1S/C12H16N2O3/c1-2-13-7-8-17-12(9-13)10-3-5-11(6-4-10)14(15)16/h3-6,12H,2,7-9H2,1H3. The number of morpholine rings is 1. The summed E-state index contributed by atoms with van der Waals surface area (Å²) in [6, 6.07) is 6.62. The van der Waals surface area contributed by atoms with Gasteiger partial charge in [0.05, 0.1) is 17.6 Å². The van der Waals surface area contributed by atoms with Gasteiger partial charge in [-0.1, -0.05) is 6.92 Å². The lowest BCUT2D eigenvalue weighted by atomic mass is 10.1. The largest absolute Gasteiger partial charge is 0.371 e. The van der Waals surface area contributed by atoms with E-state index in [1.807, 2.05) is 0 Å². The number of likely N-dealkylation sites (N-methyl/N-ethyl adjacent to an activating group) is 1. The van der Waals surface area contributed by atoms with Gasteiger partial charge < -0.3 is 4.74 Å². The molecule has 1 saturated heterocycles. The Bertz CT molecular complexity index is 391. The number of nitro groups is 1. The smallest absolute Gasteiger partial charge is 0.269 e. The summed E-state index contributed by atoms with van der Waals surface area (Å²) < 4.78 is 5.68. The fraction of sp³-hybridized carbons (Fsp3) is 0.500. The van der Waals surface area contributed by atoms with Gasteiger partial charge in [-0.05, 0) is 24.2 Å². The van der Waals surface area contributed by atoms with Gasteiger partial charge in [0.15, 0.2) is 0 Å². The first-order valence-electron chi connectivity index (χ1n) is 5.79. The summed E-state index contributed by atoms with van der Waals surface area (Å²) in [5.41, 5.74) is 1.13. The van der Waals surface area contributed by atoms with Crippen molar-refractivity contribution >= 4 is 5.69 Å². The number of non-ortho nitro benzene ring substituents is 1. The van der Waals surface area contributed by atoms with Crippen molar-refractivity contribution in [3.8, 4) is 0 Å². The van der Waals surface area contributed by atoms with Crippen molar-refractivity contribution < 1.29 is 9.66 Å². The Morgan fingerprint density at radius 1 is 1.47 bits per heavy atom. The number of hydrogen-bond acceptors (Lipinski definition) is 4. The zero-order chi connectivity index (χ0) is 12.3. The molecule has 5 heteroatoms. The summed E-state index contributed by atoms with van der Waals surface area (Å²) in [4.78, 5) is 12.5. The molecule has 1 aromatic carbocycles. The van der Waals surface area contributed by atoms with Crippen molar-refractivity contribution in [3.63, 3.8) is 0 Å². The molecular weight excluding hydrogens is 220 g/mol. The third-order valence-electron chi connectivity index (χ3n) is 3.07. The van der Waals surface area contributed by atoms with Crippen molar-refractivity contribution in [3.05, 3.63) is 39.9 Å². The number of nitro benzene ring substituents is 1. The van der Waals surface area contributed by atoms with Gasteiger partial charge in [0.1, 0.15) is 0 Å². The molecule has 0 radical (unpaired) electrons. The van der Waals surface area contributed by atoms with Crippen LogP contribution in [0.5, 0.6) is 0 Å². The van der Waals surface area contributed by atoms with E-state index in [0.717, 1.165) is 31.8 Å². The molecule has 0 bridgehead atoms. The molecule has 1 aliphatic rings. The minimum atomic E-state index is -0.385. The van der Waals surface area contributed by atoms with E-state index in [1.165, 1.54) is 12.1 Å². The summed E-state index contributed by atoms with van der Waals surface area (Å²) in [5, 5.41) is 10.6. The van der Waals surface area contributed by atoms with Crippen molar-refractivity contribution in [1.29, 1.82) is 0 Å². The van der Waals surface area contributed by atoms with Gasteiger partial charge in [0.2, 0.25) is 0 Å². The fourth-order valence-corrected chi connectivity index (χ4v) is 2.00. The highest BCUT2D eigenvalue weighted by molar-refractivity contribution is 5.34. The van der Waals surface area contributed by atoms with Crippen molar-refractivity contribution in [2.24, 2.45) is 0 Å². The summed E-state index contributed by atoms with van der Waals surface area (Å²) in [6.07, 6.45) is 0.0319. The van der Waals surface area contributed by atoms with E-state index in [9.17, 15) is 10.1 Å². The van der Waals surface area contributed by atoms with Crippen LogP contribution in [0.4, 0.5) is 5.69 Å². The molecule has 92 valence electrons. The lowest BCUT2D eigenvalue weighted by Crippen LogP contribution is -2.38. The maximum Gasteiger partial charge on any atom is 0.269 e. The van der Waals surface area contributed by atoms with Crippen LogP contribution in [0.25, 0.3) is 0 Å². The van der Waals surface area contributed by atoms with Crippen LogP contribution in [0.15, 0.2) is 24.3 Å². The Morgan fingerprint density at radius 2 is 2.18 bits per heavy atom. The molecule has 0 aromatic heterocycles. The minimum absolute atomic E-state index is 0.0319. The minimum Gasteiger partial charge on any atom is -0.371 e. The molecule has 0 aliphatic carbocycles. The highest BCUT2D eigenvalue weighted by Crippen LogP contribution is 2.23. The van der Waals surface area contributed by atoms with Gasteiger partial charge >= 0.3 is 0 Å². The number of ether oxygens (including phenoxy) is 1. The molecule has 1 aliphatic heterocycles. The highest BCUT2D eigenvalue weighted by atomic mass is 16.6. The van der Waals surface area contributed by atoms with Gasteiger partial charge in [-0.2, -0.15) is 0 Å². The van der Waals surface area contributed by atoms with E-state index in [1.54, 1.807) is 12.1 Å². The predicted octanol–water partition coefficient (Wildman–Crippen LogP) is 1.99. The Morgan fingerprint density at radius 3 is 2.76 bits per heavy atom. The van der Waals surface area contributed by atoms with Crippen molar-refractivity contribution in [2.75, 3.05) is 26.2 Å². The monoisotopic (exact) mass is 236 g/mol. The molecule has 1 heterocycles. The molecule has 0 spiro atoms. The maximum absolute atomic E-state index is 10.6. The third kappa shape index (κ3) is 2.81. The van der Waals surface area contributed by atoms with E-state index in [4.69, 9.17) is 4.74 Å². The number of benzene rings is 1. The van der Waals surface area contributed by atoms with Crippen molar-refractivity contribution in [1.82, 2.24) is 4.90 Å². The van der Waals surface area contributed by atoms with Crippen LogP contribution in [0.1, 0.15) is 18.6 Å². The molecule has 1 fully saturated rings. The topological polar surface area (TPSA) is 55.6 Å². The quantitative estimate of drug-likeness (QED) is 0.595. The molecule has 0 N–H and O–H groups in total. The first-order chi connectivity index (χ1) is 8.20. The number of rotatable bonds is 3. The van der Waals surface area contributed by atoms with Gasteiger partial charge in [-0.3, -0.25) is 15.0 Å². The Kier molecular flexibility index (Phi) is 3.71. The van der Waals surface area contributed by atoms with Crippen LogP contribution in [-0.4, -0.2) is 36.1 Å². The second kappa shape index (κ2) is 5.25. The summed E-state index contributed by atoms with van der Waals surface area (Å²) in [7, 11) is 0. The molecule has 1 aromatic rings. The molecule has 17 heavy (non-hydrogen) atoms. The second-order valence-corrected chi connectivity index (χ2v) is 4.10. The van der Waals surface area contributed by atoms with E-state index in [-0.39, 0.29) is 16.7 Å². The highest BCUT2D eigenvalue weighted by Gasteiger charge is 2.21. The Balaban J connectivity index is 2.08. The zero-order valence-corrected chi connectivity index (χ0v) is 9.83. The molecule has 0 amide bonds. The van der Waals surface area contributed by atoms with Gasteiger partial charge in [0.25, 0.3) is 5.69 Å². The zero-order valence-electron chi connectivity index (χ0n) is 9.83. The maximum atomic E-state index is 10.6. The third-order valence-corrected chi connectivity index (χ3v) is 3.07. The fourth-order valence-electron chi connectivity index (χ4n) is 2.00. The van der Waals surface area contributed by atoms with E-state index in [2.05, 4.69) is 11.8 Å². The first kappa shape index (κ1) is 12.0. The predicted molar refractivity (Wildman–Crippen MR) is 63.9 cm³/mol. The number of hydrogen-bond donors (Lipinski definition) is 0. The summed E-state index contributed by atoms with van der Waals surface area (Å²) >= 11 is 0. The number of nitrogens with zero attached hydrogens (tertiary/aromatic N) is 2. The van der Waals surface area contributed by atoms with Gasteiger partial charge in [-0.25, -0.2) is 0 Å². The second-order valence-electron chi connectivity index (χ2n) is 4.10. The van der Waals surface area contributed by atoms with Crippen LogP contribution in [0.2, 0.25) is 0 Å². The van der Waals surface area contributed by atoms with Gasteiger partial charge in [0, 0.05) is 25.2 Å². The Hall–Kier alpha value is -1.46. The molecule has 1 atom stereocenters. The first-order valence-corrected chi connectivity index (χ1v) is 5.79. The van der Waals surface area contributed by atoms with Crippen LogP contribution >= 0.6 is 0 Å². The molecule has 2 rings (SSSR count). The molecule has 1 unspecified atom stereocenters. The summed E-state index contributed by atoms with van der Waals surface area (Å²) in [5.74, 6) is 0. The van der Waals surface area contributed by atoms with E-state index >= 15 is 0 Å². The average molecular weight is 236 g/mol. The van der Waals surface area contributed by atoms with Crippen LogP contribution in [0.3, 0.4) is 0 Å². The lowest BCUT2D eigenvalue weighted by Gasteiger charge is -2.32. The van der Waals surface area contributed by atoms with E-state index in [0.29, 0.717) is 0 Å². The van der Waals surface area contributed by atoms with Crippen LogP contribution in [0, 0.1) is 10.1 Å². The molecule has 5 nitrogen and oxygen atoms in total. The lowest BCUT2D eigenvalue weighted by molar-refractivity contribution is -0.384. The summed E-state index contributed by atoms with van der Waals surface area (Å²) in [6.45, 7) is 5.66.